The van der Waals surface area contributed by atoms with Gasteiger partial charge in [-0.2, -0.15) is 0 Å². The molecule has 0 fully saturated rings. The van der Waals surface area contributed by atoms with Crippen molar-refractivity contribution in [2.45, 2.75) is 39.8 Å². The van der Waals surface area contributed by atoms with Gasteiger partial charge < -0.3 is 19.0 Å². The van der Waals surface area contributed by atoms with Crippen LogP contribution in [-0.2, 0) is 13.2 Å². The standard InChI is InChI=1S/C25H29N5O2.ClH/c1-5-26-24-22-25(29-23(28-22)17(2)3)30(16-27-24)14-19-11-12-20(31-4)21(13-19)32-15-18-9-7-6-8-10-18;/h6-13,16-17H,5,14-15H2,1-4H3,(H,28,29);1H. The van der Waals surface area contributed by atoms with Gasteiger partial charge in [-0.3, -0.25) is 4.99 Å². The molecule has 0 atom stereocenters. The molecule has 4 rings (SSSR count). The molecule has 0 saturated heterocycles. The van der Waals surface area contributed by atoms with Gasteiger partial charge in [-0.15, -0.1) is 12.4 Å². The second-order valence-electron chi connectivity index (χ2n) is 7.91. The van der Waals surface area contributed by atoms with Crippen molar-refractivity contribution in [1.82, 2.24) is 19.5 Å². The van der Waals surface area contributed by atoms with Crippen LogP contribution < -0.4 is 15.0 Å². The number of hydrogen-bond donors (Lipinski definition) is 1. The minimum absolute atomic E-state index is 0. The molecule has 174 valence electrons. The van der Waals surface area contributed by atoms with Crippen LogP contribution in [0.3, 0.4) is 0 Å². The molecule has 1 N–H and O–H groups in total. The fourth-order valence-electron chi connectivity index (χ4n) is 3.51. The summed E-state index contributed by atoms with van der Waals surface area (Å²) in [5.74, 6) is 2.62. The molecule has 0 bridgehead atoms. The number of halogens is 1. The van der Waals surface area contributed by atoms with Gasteiger partial charge in [-0.25, -0.2) is 9.97 Å². The van der Waals surface area contributed by atoms with Gasteiger partial charge in [0.15, 0.2) is 22.6 Å². The summed E-state index contributed by atoms with van der Waals surface area (Å²) in [5, 5.41) is 0. The fourth-order valence-corrected chi connectivity index (χ4v) is 3.51. The van der Waals surface area contributed by atoms with Crippen molar-refractivity contribution >= 4 is 23.6 Å². The number of aromatic amines is 1. The van der Waals surface area contributed by atoms with Crippen LogP contribution in [-0.4, -0.2) is 33.2 Å². The first-order valence-electron chi connectivity index (χ1n) is 10.9. The highest BCUT2D eigenvalue weighted by molar-refractivity contribution is 5.85. The summed E-state index contributed by atoms with van der Waals surface area (Å²) in [6.07, 6.45) is 1.80. The lowest BCUT2D eigenvalue weighted by Crippen LogP contribution is -2.15. The van der Waals surface area contributed by atoms with E-state index in [2.05, 4.69) is 28.8 Å². The van der Waals surface area contributed by atoms with Crippen LogP contribution in [0.2, 0.25) is 0 Å². The number of imidazole rings is 1. The zero-order chi connectivity index (χ0) is 22.5. The first-order valence-corrected chi connectivity index (χ1v) is 10.9. The Morgan fingerprint density at radius 2 is 1.85 bits per heavy atom. The second-order valence-corrected chi connectivity index (χ2v) is 7.91. The average Bonchev–Trinajstić information content (AvgIpc) is 3.27. The maximum atomic E-state index is 6.08. The molecule has 0 unspecified atom stereocenters. The smallest absolute Gasteiger partial charge is 0.176 e. The third-order valence-corrected chi connectivity index (χ3v) is 5.19. The summed E-state index contributed by atoms with van der Waals surface area (Å²) >= 11 is 0. The van der Waals surface area contributed by atoms with E-state index in [0.717, 1.165) is 28.1 Å². The summed E-state index contributed by atoms with van der Waals surface area (Å²) in [6.45, 7) is 7.98. The highest BCUT2D eigenvalue weighted by Crippen LogP contribution is 2.29. The molecule has 0 aliphatic carbocycles. The van der Waals surface area contributed by atoms with E-state index in [-0.39, 0.29) is 18.3 Å². The Morgan fingerprint density at radius 3 is 2.55 bits per heavy atom. The Bertz CT molecular complexity index is 1270. The summed E-state index contributed by atoms with van der Waals surface area (Å²) in [7, 11) is 1.65. The lowest BCUT2D eigenvalue weighted by Gasteiger charge is -2.13. The van der Waals surface area contributed by atoms with Crippen molar-refractivity contribution in [2.24, 2.45) is 4.99 Å². The summed E-state index contributed by atoms with van der Waals surface area (Å²) in [5.41, 5.74) is 4.58. The SMILES string of the molecule is CCN=c1ncn(Cc2ccc(OC)c(OCc3ccccc3)c2)c2nc(C(C)C)[nH]c12.Cl. The summed E-state index contributed by atoms with van der Waals surface area (Å²) < 4.78 is 13.6. The highest BCUT2D eigenvalue weighted by Gasteiger charge is 2.13. The van der Waals surface area contributed by atoms with Crippen molar-refractivity contribution in [3.05, 3.63) is 77.3 Å². The third-order valence-electron chi connectivity index (χ3n) is 5.19. The maximum Gasteiger partial charge on any atom is 0.176 e. The average molecular weight is 468 g/mol. The van der Waals surface area contributed by atoms with Crippen LogP contribution in [0.25, 0.3) is 11.2 Å². The number of rotatable bonds is 8. The number of fused-ring (bicyclic) bond motifs is 1. The number of nitrogens with one attached hydrogen (secondary N) is 1. The maximum absolute atomic E-state index is 6.08. The van der Waals surface area contributed by atoms with Gasteiger partial charge in [0.2, 0.25) is 0 Å². The van der Waals surface area contributed by atoms with E-state index in [1.807, 2.05) is 60.0 Å². The normalized spacial score (nSPS) is 11.6. The molecule has 2 aromatic carbocycles. The van der Waals surface area contributed by atoms with Crippen LogP contribution in [0.5, 0.6) is 11.5 Å². The Hall–Kier alpha value is -3.32. The monoisotopic (exact) mass is 467 g/mol. The number of methoxy groups -OCH3 is 1. The molecule has 2 aromatic heterocycles. The Morgan fingerprint density at radius 1 is 1.06 bits per heavy atom. The molecular formula is C25H30ClN5O2. The van der Waals surface area contributed by atoms with Crippen molar-refractivity contribution in [2.75, 3.05) is 13.7 Å². The predicted molar refractivity (Wildman–Crippen MR) is 132 cm³/mol. The van der Waals surface area contributed by atoms with Gasteiger partial charge >= 0.3 is 0 Å². The lowest BCUT2D eigenvalue weighted by atomic mass is 10.2. The van der Waals surface area contributed by atoms with Crippen molar-refractivity contribution in [3.8, 4) is 11.5 Å². The van der Waals surface area contributed by atoms with Gasteiger partial charge in [0.05, 0.1) is 20.0 Å². The largest absolute Gasteiger partial charge is 0.493 e. The summed E-state index contributed by atoms with van der Waals surface area (Å²) in [4.78, 5) is 17.3. The molecule has 0 radical (unpaired) electrons. The molecular weight excluding hydrogens is 438 g/mol. The number of hydrogen-bond acceptors (Lipinski definition) is 5. The molecule has 0 spiro atoms. The van der Waals surface area contributed by atoms with Gasteiger partial charge in [-0.05, 0) is 30.2 Å². The van der Waals surface area contributed by atoms with Gasteiger partial charge in [0.25, 0.3) is 0 Å². The molecule has 0 saturated carbocycles. The minimum Gasteiger partial charge on any atom is -0.493 e. The molecule has 2 heterocycles. The number of ether oxygens (including phenoxy) is 2. The summed E-state index contributed by atoms with van der Waals surface area (Å²) in [6, 6.07) is 16.1. The Kier molecular flexibility index (Phi) is 8.11. The molecule has 0 aliphatic rings. The van der Waals surface area contributed by atoms with Crippen LogP contribution in [0, 0.1) is 0 Å². The van der Waals surface area contributed by atoms with E-state index >= 15 is 0 Å². The number of H-pyrrole nitrogens is 1. The van der Waals surface area contributed by atoms with E-state index in [0.29, 0.717) is 36.7 Å². The number of benzene rings is 2. The Balaban J connectivity index is 0.00000306. The number of aromatic nitrogens is 4. The first kappa shape index (κ1) is 24.3. The van der Waals surface area contributed by atoms with E-state index in [1.165, 1.54) is 0 Å². The van der Waals surface area contributed by atoms with Crippen LogP contribution >= 0.6 is 12.4 Å². The van der Waals surface area contributed by atoms with Crippen LogP contribution in [0.1, 0.15) is 43.6 Å². The quantitative estimate of drug-likeness (QED) is 0.401. The molecule has 7 nitrogen and oxygen atoms in total. The molecule has 0 aliphatic heterocycles. The van der Waals surface area contributed by atoms with Crippen molar-refractivity contribution < 1.29 is 9.47 Å². The van der Waals surface area contributed by atoms with Crippen LogP contribution in [0.4, 0.5) is 0 Å². The van der Waals surface area contributed by atoms with Crippen molar-refractivity contribution in [1.29, 1.82) is 0 Å². The second kappa shape index (κ2) is 11.0. The fraction of sp³-hybridized carbons (Fsp3) is 0.320. The third kappa shape index (κ3) is 5.54. The van der Waals surface area contributed by atoms with Crippen LogP contribution in [0.15, 0.2) is 59.9 Å². The molecule has 8 heteroatoms. The Labute approximate surface area is 200 Å². The molecule has 33 heavy (non-hydrogen) atoms. The molecule has 4 aromatic rings. The van der Waals surface area contributed by atoms with E-state index in [1.54, 1.807) is 13.4 Å². The highest BCUT2D eigenvalue weighted by atomic mass is 35.5. The topological polar surface area (TPSA) is 77.3 Å². The van der Waals surface area contributed by atoms with E-state index in [9.17, 15) is 0 Å². The zero-order valence-electron chi connectivity index (χ0n) is 19.4. The molecule has 0 amide bonds. The predicted octanol–water partition coefficient (Wildman–Crippen LogP) is 4.86. The lowest BCUT2D eigenvalue weighted by molar-refractivity contribution is 0.284. The zero-order valence-corrected chi connectivity index (χ0v) is 20.2. The van der Waals surface area contributed by atoms with Gasteiger partial charge in [0, 0.05) is 12.5 Å². The van der Waals surface area contributed by atoms with Gasteiger partial charge in [-0.1, -0.05) is 50.2 Å². The van der Waals surface area contributed by atoms with Crippen molar-refractivity contribution in [3.63, 3.8) is 0 Å². The van der Waals surface area contributed by atoms with Gasteiger partial charge in [0.1, 0.15) is 17.9 Å². The van der Waals surface area contributed by atoms with E-state index < -0.39 is 0 Å². The minimum atomic E-state index is 0. The number of nitrogens with zero attached hydrogens (tertiary/aromatic N) is 4. The van der Waals surface area contributed by atoms with E-state index in [4.69, 9.17) is 14.5 Å². The first-order chi connectivity index (χ1) is 15.6.